The number of amides is 3. The van der Waals surface area contributed by atoms with Crippen molar-refractivity contribution in [3.8, 4) is 0 Å². The molecule has 0 spiro atoms. The Labute approximate surface area is 185 Å². The molecule has 9 nitrogen and oxygen atoms in total. The van der Waals surface area contributed by atoms with E-state index in [4.69, 9.17) is 9.47 Å². The second-order valence-corrected chi connectivity index (χ2v) is 9.37. The first-order chi connectivity index (χ1) is 14.8. The molecular weight excluding hydrogens is 400 g/mol. The summed E-state index contributed by atoms with van der Waals surface area (Å²) < 4.78 is 11.0. The quantitative estimate of drug-likeness (QED) is 0.577. The Morgan fingerprint density at radius 3 is 2.42 bits per heavy atom. The van der Waals surface area contributed by atoms with Gasteiger partial charge in [-0.2, -0.15) is 0 Å². The van der Waals surface area contributed by atoms with Gasteiger partial charge >= 0.3 is 6.03 Å². The maximum atomic E-state index is 13.2. The van der Waals surface area contributed by atoms with E-state index in [1.54, 1.807) is 4.90 Å². The molecule has 0 bridgehead atoms. The van der Waals surface area contributed by atoms with Gasteiger partial charge in [0.2, 0.25) is 5.91 Å². The van der Waals surface area contributed by atoms with Gasteiger partial charge in [0, 0.05) is 19.6 Å². The number of carbonyl (C=O) groups is 3. The molecule has 3 aliphatic heterocycles. The van der Waals surface area contributed by atoms with E-state index in [2.05, 4.69) is 36.3 Å². The Morgan fingerprint density at radius 2 is 1.77 bits per heavy atom. The van der Waals surface area contributed by atoms with Crippen molar-refractivity contribution in [2.75, 3.05) is 52.5 Å². The van der Waals surface area contributed by atoms with Crippen LogP contribution in [0.3, 0.4) is 0 Å². The Morgan fingerprint density at radius 1 is 1.10 bits per heavy atom. The third-order valence-corrected chi connectivity index (χ3v) is 6.75. The number of likely N-dealkylation sites (tertiary alicyclic amines) is 1. The van der Waals surface area contributed by atoms with Crippen LogP contribution in [-0.2, 0) is 19.1 Å². The highest BCUT2D eigenvalue weighted by molar-refractivity contribution is 5.94. The van der Waals surface area contributed by atoms with Crippen LogP contribution < -0.4 is 10.6 Å². The molecule has 9 heteroatoms. The van der Waals surface area contributed by atoms with Crippen LogP contribution in [0.1, 0.15) is 40.0 Å². The van der Waals surface area contributed by atoms with Gasteiger partial charge in [0.1, 0.15) is 18.7 Å². The van der Waals surface area contributed by atoms with Crippen LogP contribution >= 0.6 is 0 Å². The predicted molar refractivity (Wildman–Crippen MR) is 116 cm³/mol. The summed E-state index contributed by atoms with van der Waals surface area (Å²) in [7, 11) is 0. The number of hydrogen-bond donors (Lipinski definition) is 2. The van der Waals surface area contributed by atoms with Crippen molar-refractivity contribution >= 4 is 17.7 Å². The minimum atomic E-state index is -0.700. The van der Waals surface area contributed by atoms with E-state index in [1.807, 2.05) is 0 Å². The van der Waals surface area contributed by atoms with E-state index in [1.165, 1.54) is 0 Å². The molecule has 3 heterocycles. The third-order valence-electron chi connectivity index (χ3n) is 6.75. The normalized spacial score (nSPS) is 26.8. The predicted octanol–water partition coefficient (Wildman–Crippen LogP) is 0.628. The van der Waals surface area contributed by atoms with E-state index in [9.17, 15) is 14.4 Å². The summed E-state index contributed by atoms with van der Waals surface area (Å²) in [5.41, 5.74) is 0. The Bertz CT molecular complexity index is 631. The fraction of sp³-hybridized carbons (Fsp3) is 0.864. The Kier molecular flexibility index (Phi) is 8.68. The van der Waals surface area contributed by atoms with Crippen molar-refractivity contribution in [3.05, 3.63) is 0 Å². The number of ether oxygens (including phenoxy) is 2. The zero-order chi connectivity index (χ0) is 22.4. The first kappa shape index (κ1) is 23.9. The van der Waals surface area contributed by atoms with Gasteiger partial charge in [-0.1, -0.05) is 20.8 Å². The van der Waals surface area contributed by atoms with Gasteiger partial charge in [-0.15, -0.1) is 0 Å². The number of hydrogen-bond acceptors (Lipinski definition) is 6. The molecule has 3 fully saturated rings. The van der Waals surface area contributed by atoms with Gasteiger partial charge in [-0.3, -0.25) is 9.59 Å². The molecule has 0 radical (unpaired) electrons. The molecule has 0 aromatic rings. The number of Topliss-reactive ketones (excluding diaryl/α,β-unsaturated/α-hetero) is 1. The molecule has 2 N–H and O–H groups in total. The largest absolute Gasteiger partial charge is 0.378 e. The van der Waals surface area contributed by atoms with E-state index in [-0.39, 0.29) is 36.4 Å². The van der Waals surface area contributed by atoms with Gasteiger partial charge in [-0.05, 0) is 44.2 Å². The minimum Gasteiger partial charge on any atom is -0.378 e. The summed E-state index contributed by atoms with van der Waals surface area (Å²) >= 11 is 0. The molecule has 3 amide bonds. The number of morpholine rings is 1. The zero-order valence-electron chi connectivity index (χ0n) is 19.1. The van der Waals surface area contributed by atoms with Crippen LogP contribution in [0.4, 0.5) is 4.79 Å². The van der Waals surface area contributed by atoms with E-state index >= 15 is 0 Å². The molecule has 0 aromatic heterocycles. The number of nitrogens with one attached hydrogen (secondary N) is 2. The van der Waals surface area contributed by atoms with Crippen molar-refractivity contribution < 1.29 is 23.9 Å². The first-order valence-electron chi connectivity index (χ1n) is 11.7. The van der Waals surface area contributed by atoms with Crippen molar-refractivity contribution in [1.82, 2.24) is 20.4 Å². The van der Waals surface area contributed by atoms with Crippen molar-refractivity contribution in [2.45, 2.75) is 58.2 Å². The average molecular weight is 439 g/mol. The third kappa shape index (κ3) is 6.63. The van der Waals surface area contributed by atoms with Crippen LogP contribution in [0.5, 0.6) is 0 Å². The zero-order valence-corrected chi connectivity index (χ0v) is 19.1. The van der Waals surface area contributed by atoms with Crippen LogP contribution in [0, 0.1) is 11.8 Å². The number of carbonyl (C=O) groups excluding carboxylic acids is 3. The highest BCUT2D eigenvalue weighted by atomic mass is 16.5. The second-order valence-electron chi connectivity index (χ2n) is 9.37. The van der Waals surface area contributed by atoms with Gasteiger partial charge in [0.05, 0.1) is 19.3 Å². The SMILES string of the molecule is CC(C)C(C)C[C@H](NC(=O)N1CCOCC1)C(=O)NC1C(=O)COC1CN1CCCC1. The van der Waals surface area contributed by atoms with Crippen LogP contribution in [0.15, 0.2) is 0 Å². The van der Waals surface area contributed by atoms with Crippen LogP contribution in [-0.4, -0.2) is 98.3 Å². The first-order valence-corrected chi connectivity index (χ1v) is 11.7. The summed E-state index contributed by atoms with van der Waals surface area (Å²) in [5.74, 6) is 0.184. The lowest BCUT2D eigenvalue weighted by Crippen LogP contribution is -2.57. The molecule has 4 atom stereocenters. The summed E-state index contributed by atoms with van der Waals surface area (Å²) in [4.78, 5) is 42.4. The highest BCUT2D eigenvalue weighted by Crippen LogP contribution is 2.19. The summed E-state index contributed by atoms with van der Waals surface area (Å²) in [6.07, 6.45) is 2.48. The number of ketones is 1. The van der Waals surface area contributed by atoms with Gasteiger partial charge in [0.15, 0.2) is 5.78 Å². The topological polar surface area (TPSA) is 100 Å². The molecule has 31 heavy (non-hydrogen) atoms. The maximum absolute atomic E-state index is 13.2. The molecule has 3 rings (SSSR count). The van der Waals surface area contributed by atoms with Crippen molar-refractivity contribution in [2.24, 2.45) is 11.8 Å². The fourth-order valence-corrected chi connectivity index (χ4v) is 4.27. The van der Waals surface area contributed by atoms with Crippen molar-refractivity contribution in [1.29, 1.82) is 0 Å². The summed E-state index contributed by atoms with van der Waals surface area (Å²) in [6.45, 7) is 11.0. The van der Waals surface area contributed by atoms with Crippen molar-refractivity contribution in [3.63, 3.8) is 0 Å². The smallest absolute Gasteiger partial charge is 0.318 e. The molecule has 3 saturated heterocycles. The van der Waals surface area contributed by atoms with Crippen LogP contribution in [0.2, 0.25) is 0 Å². The van der Waals surface area contributed by atoms with E-state index in [0.29, 0.717) is 45.2 Å². The average Bonchev–Trinajstić information content (AvgIpc) is 3.39. The number of nitrogens with zero attached hydrogens (tertiary/aromatic N) is 2. The second kappa shape index (κ2) is 11.2. The van der Waals surface area contributed by atoms with E-state index < -0.39 is 12.1 Å². The lowest BCUT2D eigenvalue weighted by Gasteiger charge is -2.31. The number of rotatable bonds is 8. The molecular formula is C22H38N4O5. The monoisotopic (exact) mass is 438 g/mol. The lowest BCUT2D eigenvalue weighted by molar-refractivity contribution is -0.128. The fourth-order valence-electron chi connectivity index (χ4n) is 4.27. The molecule has 0 aliphatic carbocycles. The number of urea groups is 1. The standard InChI is InChI=1S/C22H38N4O5/c1-15(2)16(3)12-17(23-22(29)26-8-10-30-11-9-26)21(28)24-20-18(27)14-31-19(20)13-25-6-4-5-7-25/h15-17,19-20H,4-14H2,1-3H3,(H,23,29)(H,24,28)/t16?,17-,19?,20?/m0/s1. The molecule has 176 valence electrons. The highest BCUT2D eigenvalue weighted by Gasteiger charge is 2.40. The van der Waals surface area contributed by atoms with E-state index in [0.717, 1.165) is 25.9 Å². The van der Waals surface area contributed by atoms with Gasteiger partial charge in [0.25, 0.3) is 0 Å². The summed E-state index contributed by atoms with van der Waals surface area (Å²) in [5, 5.41) is 5.81. The Hall–Kier alpha value is -1.71. The minimum absolute atomic E-state index is 0.0245. The summed E-state index contributed by atoms with van der Waals surface area (Å²) in [6, 6.07) is -1.62. The molecule has 0 saturated carbocycles. The molecule has 3 aliphatic rings. The molecule has 3 unspecified atom stereocenters. The Balaban J connectivity index is 1.64. The van der Waals surface area contributed by atoms with Gasteiger partial charge < -0.3 is 29.9 Å². The molecule has 0 aromatic carbocycles. The van der Waals surface area contributed by atoms with Gasteiger partial charge in [-0.25, -0.2) is 4.79 Å². The maximum Gasteiger partial charge on any atom is 0.318 e. The van der Waals surface area contributed by atoms with Crippen LogP contribution in [0.25, 0.3) is 0 Å². The lowest BCUT2D eigenvalue weighted by atomic mass is 9.90.